The second-order valence-electron chi connectivity index (χ2n) is 8.07. The van der Waals surface area contributed by atoms with E-state index in [1.165, 1.54) is 26.8 Å². The average Bonchev–Trinajstić information content (AvgIpc) is 2.60. The second kappa shape index (κ2) is 37.7. The summed E-state index contributed by atoms with van der Waals surface area (Å²) in [6.07, 6.45) is 4.45. The lowest BCUT2D eigenvalue weighted by atomic mass is 10.2. The van der Waals surface area contributed by atoms with Gasteiger partial charge in [0.05, 0.1) is 13.2 Å². The maximum Gasteiger partial charge on any atom is 0.144 e. The van der Waals surface area contributed by atoms with E-state index in [2.05, 4.69) is 56.7 Å². The fraction of sp³-hybridized carbons (Fsp3) is 0.957. The van der Waals surface area contributed by atoms with Crippen LogP contribution in [-0.4, -0.2) is 104 Å². The molecule has 8 nitrogen and oxygen atoms in total. The number of hydrogen-bond acceptors (Lipinski definition) is 8. The summed E-state index contributed by atoms with van der Waals surface area (Å²) < 4.78 is 28.3. The van der Waals surface area contributed by atoms with Crippen LogP contribution in [0.1, 0.15) is 61.3 Å². The number of sulfone groups is 1. The second-order valence-corrected chi connectivity index (χ2v) is 10.4. The Hall–Kier alpha value is -0.580. The lowest BCUT2D eigenvalue weighted by molar-refractivity contribution is -0.115. The minimum Gasteiger partial charge on any atom is -0.396 e. The number of methoxy groups -OCH3 is 1. The molecule has 1 heterocycles. The largest absolute Gasteiger partial charge is 0.396 e. The van der Waals surface area contributed by atoms with Crippen LogP contribution in [0.4, 0.5) is 0 Å². The Labute approximate surface area is 201 Å². The third-order valence-corrected chi connectivity index (χ3v) is 2.28. The zero-order valence-corrected chi connectivity index (χ0v) is 24.6. The zero-order valence-electron chi connectivity index (χ0n) is 23.7. The van der Waals surface area contributed by atoms with Gasteiger partial charge in [0.25, 0.3) is 0 Å². The number of ketones is 1. The van der Waals surface area contributed by atoms with Crippen molar-refractivity contribution in [1.29, 1.82) is 0 Å². The summed E-state index contributed by atoms with van der Waals surface area (Å²) >= 11 is 0. The molecule has 1 saturated heterocycles. The van der Waals surface area contributed by atoms with Gasteiger partial charge in [0, 0.05) is 45.3 Å². The summed E-state index contributed by atoms with van der Waals surface area (Å²) in [5, 5.41) is 10.9. The number of nitrogens with one attached hydrogen (secondary N) is 1. The highest BCUT2D eigenvalue weighted by Crippen LogP contribution is 2.05. The van der Waals surface area contributed by atoms with Crippen LogP contribution in [0.3, 0.4) is 0 Å². The molecule has 0 aromatic rings. The minimum atomic E-state index is -2.67. The first-order valence-electron chi connectivity index (χ1n) is 11.0. The highest BCUT2D eigenvalue weighted by Gasteiger charge is 2.09. The molecule has 0 saturated carbocycles. The minimum absolute atomic E-state index is 0.167. The lowest BCUT2D eigenvalue weighted by Crippen LogP contribution is -2.23. The summed E-state index contributed by atoms with van der Waals surface area (Å²) in [6.45, 7) is 17.1. The number of rotatable bonds is 4. The van der Waals surface area contributed by atoms with Gasteiger partial charge in [0.1, 0.15) is 15.6 Å². The SMILES string of the molecule is CC(C)=O.CC1COC1.CCCN(C)C.CCCO.CNC(C)C.COC.CS(C)(=O)=O. The van der Waals surface area contributed by atoms with Gasteiger partial charge in [-0.05, 0) is 54.4 Å². The molecule has 0 amide bonds. The van der Waals surface area contributed by atoms with Crippen LogP contribution in [0.2, 0.25) is 0 Å². The van der Waals surface area contributed by atoms with Crippen molar-refractivity contribution in [3.63, 3.8) is 0 Å². The highest BCUT2D eigenvalue weighted by molar-refractivity contribution is 7.89. The molecule has 1 fully saturated rings. The van der Waals surface area contributed by atoms with Gasteiger partial charge >= 0.3 is 0 Å². The molecule has 0 aromatic heterocycles. The van der Waals surface area contributed by atoms with Crippen molar-refractivity contribution in [1.82, 2.24) is 10.2 Å². The van der Waals surface area contributed by atoms with Gasteiger partial charge in [-0.15, -0.1) is 0 Å². The quantitative estimate of drug-likeness (QED) is 0.619. The average molecular weight is 491 g/mol. The standard InChI is InChI=1S/C5H13N.C4H11N.C4H8O.C3H6O.C3H8O.C2H6O2S.C2H6O/c1-4-5-6(2)3;1-4(2)5-3;1-4-2-5-3-4;1-3(2)4;1-2-3-4;1-5(2,3)4;1-3-2/h4-5H2,1-3H3;4-5H,1-3H3;4H,2-3H2,1H3;1-2H3;4H,2-3H2,1H3;1-2H3;1-2H3. The summed E-state index contributed by atoms with van der Waals surface area (Å²) in [7, 11) is 6.71. The van der Waals surface area contributed by atoms with Gasteiger partial charge in [-0.3, -0.25) is 0 Å². The molecular weight excluding hydrogens is 432 g/mol. The Morgan fingerprint density at radius 3 is 1.34 bits per heavy atom. The lowest BCUT2D eigenvalue weighted by Gasteiger charge is -2.20. The number of aliphatic hydroxyl groups is 1. The topological polar surface area (TPSA) is 105 Å². The molecule has 0 unspecified atom stereocenters. The van der Waals surface area contributed by atoms with Gasteiger partial charge < -0.3 is 29.6 Å². The first kappa shape index (κ1) is 45.0. The third-order valence-electron chi connectivity index (χ3n) is 2.28. The molecule has 1 aliphatic heterocycles. The van der Waals surface area contributed by atoms with Crippen LogP contribution in [0.5, 0.6) is 0 Å². The molecule has 32 heavy (non-hydrogen) atoms. The molecule has 1 rings (SSSR count). The first-order chi connectivity index (χ1) is 14.5. The first-order valence-corrected chi connectivity index (χ1v) is 13.3. The Balaban J connectivity index is -0.0000000622. The Kier molecular flexibility index (Phi) is 53.0. The maximum absolute atomic E-state index is 9.63. The van der Waals surface area contributed by atoms with Crippen molar-refractivity contribution >= 4 is 15.6 Å². The Morgan fingerprint density at radius 1 is 1.12 bits per heavy atom. The monoisotopic (exact) mass is 490 g/mol. The van der Waals surface area contributed by atoms with E-state index in [1.807, 2.05) is 14.0 Å². The number of carbonyl (C=O) groups is 1. The van der Waals surface area contributed by atoms with E-state index in [0.29, 0.717) is 12.6 Å². The fourth-order valence-corrected chi connectivity index (χ4v) is 0.801. The Morgan fingerprint density at radius 2 is 1.34 bits per heavy atom. The summed E-state index contributed by atoms with van der Waals surface area (Å²) in [5.41, 5.74) is 0. The fourth-order valence-electron chi connectivity index (χ4n) is 0.801. The molecule has 0 spiro atoms. The predicted octanol–water partition coefficient (Wildman–Crippen LogP) is 3.13. The molecule has 202 valence electrons. The number of nitrogens with zero attached hydrogens (tertiary/aromatic N) is 1. The van der Waals surface area contributed by atoms with Gasteiger partial charge in [-0.25, -0.2) is 8.42 Å². The van der Waals surface area contributed by atoms with Crippen molar-refractivity contribution in [2.24, 2.45) is 5.92 Å². The summed E-state index contributed by atoms with van der Waals surface area (Å²) in [4.78, 5) is 11.6. The van der Waals surface area contributed by atoms with Crippen LogP contribution in [0.25, 0.3) is 0 Å². The normalized spacial score (nSPS) is 11.5. The van der Waals surface area contributed by atoms with E-state index < -0.39 is 9.84 Å². The van der Waals surface area contributed by atoms with E-state index in [4.69, 9.17) is 9.84 Å². The van der Waals surface area contributed by atoms with Crippen molar-refractivity contribution in [2.45, 2.75) is 67.3 Å². The van der Waals surface area contributed by atoms with Crippen molar-refractivity contribution in [3.8, 4) is 0 Å². The van der Waals surface area contributed by atoms with Crippen molar-refractivity contribution < 1.29 is 27.8 Å². The Bertz CT molecular complexity index is 395. The molecule has 2 N–H and O–H groups in total. The van der Waals surface area contributed by atoms with Crippen molar-refractivity contribution in [2.75, 3.05) is 74.2 Å². The van der Waals surface area contributed by atoms with Crippen LogP contribution in [-0.2, 0) is 24.1 Å². The van der Waals surface area contributed by atoms with E-state index in [1.54, 1.807) is 14.2 Å². The number of hydrogen-bond donors (Lipinski definition) is 2. The maximum atomic E-state index is 9.63. The van der Waals surface area contributed by atoms with Gasteiger partial charge in [-0.1, -0.05) is 34.6 Å². The summed E-state index contributed by atoms with van der Waals surface area (Å²) in [6, 6.07) is 0.634. The van der Waals surface area contributed by atoms with Gasteiger partial charge in [-0.2, -0.15) is 0 Å². The molecule has 0 aromatic carbocycles. The van der Waals surface area contributed by atoms with Gasteiger partial charge in [0.2, 0.25) is 0 Å². The van der Waals surface area contributed by atoms with Crippen LogP contribution >= 0.6 is 0 Å². The third kappa shape index (κ3) is 182. The zero-order chi connectivity index (χ0) is 27.2. The summed E-state index contributed by atoms with van der Waals surface area (Å²) in [5.74, 6) is 1.01. The van der Waals surface area contributed by atoms with Crippen LogP contribution in [0, 0.1) is 5.92 Å². The van der Waals surface area contributed by atoms with Crippen LogP contribution < -0.4 is 5.32 Å². The predicted molar refractivity (Wildman–Crippen MR) is 140 cm³/mol. The molecule has 1 aliphatic rings. The number of ether oxygens (including phenoxy) is 2. The van der Waals surface area contributed by atoms with E-state index in [9.17, 15) is 13.2 Å². The smallest absolute Gasteiger partial charge is 0.144 e. The van der Waals surface area contributed by atoms with Crippen LogP contribution in [0.15, 0.2) is 0 Å². The molecule has 0 atom stereocenters. The molecule has 0 radical (unpaired) electrons. The van der Waals surface area contributed by atoms with E-state index in [0.717, 1.165) is 38.1 Å². The van der Waals surface area contributed by atoms with Gasteiger partial charge in [0.15, 0.2) is 0 Å². The number of aliphatic hydroxyl groups excluding tert-OH is 1. The van der Waals surface area contributed by atoms with Crippen molar-refractivity contribution in [3.05, 3.63) is 0 Å². The highest BCUT2D eigenvalue weighted by atomic mass is 32.2. The number of carbonyl (C=O) groups excluding carboxylic acids is 1. The van der Waals surface area contributed by atoms with E-state index >= 15 is 0 Å². The number of Topliss-reactive ketones (excluding diaryl/α,β-unsaturated/α-hetero) is 1. The molecule has 0 aliphatic carbocycles. The molecular formula is C23H58N2O6S. The molecule has 0 bridgehead atoms. The molecule has 9 heteroatoms. The van der Waals surface area contributed by atoms with E-state index in [-0.39, 0.29) is 5.78 Å².